The van der Waals surface area contributed by atoms with Crippen molar-refractivity contribution in [3.8, 4) is 16.9 Å². The van der Waals surface area contributed by atoms with Crippen LogP contribution in [0.15, 0.2) is 54.6 Å². The van der Waals surface area contributed by atoms with Gasteiger partial charge in [0.1, 0.15) is 5.75 Å². The third-order valence-corrected chi connectivity index (χ3v) is 6.34. The van der Waals surface area contributed by atoms with Gasteiger partial charge < -0.3 is 14.7 Å². The molecule has 0 amide bonds. The van der Waals surface area contributed by atoms with E-state index in [2.05, 4.69) is 47.4 Å². The molecule has 31 heavy (non-hydrogen) atoms. The fourth-order valence-electron chi connectivity index (χ4n) is 4.66. The molecule has 1 N–H and O–H groups in total. The zero-order valence-corrected chi connectivity index (χ0v) is 18.3. The minimum absolute atomic E-state index is 0.138. The highest BCUT2D eigenvalue weighted by molar-refractivity contribution is 5.99. The lowest BCUT2D eigenvalue weighted by atomic mass is 9.92. The van der Waals surface area contributed by atoms with E-state index in [1.165, 1.54) is 37.9 Å². The van der Waals surface area contributed by atoms with Crippen LogP contribution in [0.25, 0.3) is 21.9 Å². The van der Waals surface area contributed by atoms with Gasteiger partial charge in [-0.1, -0.05) is 48.9 Å². The van der Waals surface area contributed by atoms with Crippen LogP contribution in [0.2, 0.25) is 0 Å². The number of ether oxygens (including phenoxy) is 1. The van der Waals surface area contributed by atoms with Crippen molar-refractivity contribution in [1.29, 1.82) is 0 Å². The maximum Gasteiger partial charge on any atom is 0.303 e. The fourth-order valence-corrected chi connectivity index (χ4v) is 4.66. The highest BCUT2D eigenvalue weighted by Crippen LogP contribution is 2.37. The molecule has 0 aliphatic carbocycles. The Balaban J connectivity index is 1.67. The molecule has 1 heterocycles. The molecule has 162 valence electrons. The predicted molar refractivity (Wildman–Crippen MR) is 126 cm³/mol. The third-order valence-electron chi connectivity index (χ3n) is 6.34. The van der Waals surface area contributed by atoms with Crippen molar-refractivity contribution < 1.29 is 14.6 Å². The molecule has 4 nitrogen and oxygen atoms in total. The Kier molecular flexibility index (Phi) is 6.88. The van der Waals surface area contributed by atoms with Crippen molar-refractivity contribution >= 4 is 16.7 Å². The van der Waals surface area contributed by atoms with Crippen LogP contribution < -0.4 is 4.74 Å². The van der Waals surface area contributed by atoms with Crippen molar-refractivity contribution in [3.05, 3.63) is 65.7 Å². The summed E-state index contributed by atoms with van der Waals surface area (Å²) in [7, 11) is 1.72. The van der Waals surface area contributed by atoms with E-state index in [0.29, 0.717) is 6.42 Å². The van der Waals surface area contributed by atoms with E-state index < -0.39 is 5.97 Å². The first kappa shape index (κ1) is 21.4. The average molecular weight is 418 g/mol. The number of piperidine rings is 1. The number of carboxylic acid groups (broad SMARTS) is 1. The van der Waals surface area contributed by atoms with Crippen LogP contribution in [0, 0.1) is 0 Å². The van der Waals surface area contributed by atoms with E-state index >= 15 is 0 Å². The summed E-state index contributed by atoms with van der Waals surface area (Å²) in [5, 5.41) is 11.4. The first-order chi connectivity index (χ1) is 15.2. The second-order valence-electron chi connectivity index (χ2n) is 8.40. The summed E-state index contributed by atoms with van der Waals surface area (Å²) in [5.41, 5.74) is 4.62. The number of carbonyl (C=O) groups is 1. The van der Waals surface area contributed by atoms with Gasteiger partial charge in [0.25, 0.3) is 0 Å². The van der Waals surface area contributed by atoms with Gasteiger partial charge in [0.05, 0.1) is 7.11 Å². The zero-order valence-electron chi connectivity index (χ0n) is 18.3. The molecule has 4 heteroatoms. The molecule has 1 saturated heterocycles. The minimum atomic E-state index is -0.767. The highest BCUT2D eigenvalue weighted by Gasteiger charge is 2.14. The van der Waals surface area contributed by atoms with Crippen LogP contribution in [0.4, 0.5) is 0 Å². The van der Waals surface area contributed by atoms with E-state index in [4.69, 9.17) is 9.84 Å². The SMILES string of the molecule is COc1ccc(CCN2CCCCC2)cc1-c1cccc2c(CCC(=O)O)cccc12. The van der Waals surface area contributed by atoms with Crippen LogP contribution >= 0.6 is 0 Å². The second-order valence-corrected chi connectivity index (χ2v) is 8.40. The van der Waals surface area contributed by atoms with Gasteiger partial charge in [0, 0.05) is 18.5 Å². The molecule has 0 saturated carbocycles. The Bertz CT molecular complexity index is 1050. The third kappa shape index (κ3) is 5.08. The summed E-state index contributed by atoms with van der Waals surface area (Å²) in [6, 6.07) is 19.0. The summed E-state index contributed by atoms with van der Waals surface area (Å²) in [5.74, 6) is 0.0985. The molecule has 3 aromatic carbocycles. The number of benzene rings is 3. The predicted octanol–water partition coefficient (Wildman–Crippen LogP) is 5.56. The van der Waals surface area contributed by atoms with Gasteiger partial charge in [0.2, 0.25) is 0 Å². The number of methoxy groups -OCH3 is 1. The van der Waals surface area contributed by atoms with E-state index in [-0.39, 0.29) is 6.42 Å². The Labute approximate surface area is 184 Å². The van der Waals surface area contributed by atoms with Crippen molar-refractivity contribution in [2.45, 2.75) is 38.5 Å². The normalized spacial score (nSPS) is 14.6. The number of fused-ring (bicyclic) bond motifs is 1. The summed E-state index contributed by atoms with van der Waals surface area (Å²) in [6.07, 6.45) is 5.69. The average Bonchev–Trinajstić information content (AvgIpc) is 2.81. The number of nitrogens with zero attached hydrogens (tertiary/aromatic N) is 1. The summed E-state index contributed by atoms with van der Waals surface area (Å²) < 4.78 is 5.72. The van der Waals surface area contributed by atoms with Crippen LogP contribution in [-0.2, 0) is 17.6 Å². The number of hydrogen-bond acceptors (Lipinski definition) is 3. The molecule has 0 radical (unpaired) electrons. The Morgan fingerprint density at radius 3 is 2.48 bits per heavy atom. The highest BCUT2D eigenvalue weighted by atomic mass is 16.5. The van der Waals surface area contributed by atoms with Crippen LogP contribution in [-0.4, -0.2) is 42.7 Å². The molecule has 0 unspecified atom stereocenters. The molecule has 1 fully saturated rings. The maximum atomic E-state index is 11.1. The second kappa shape index (κ2) is 9.97. The largest absolute Gasteiger partial charge is 0.496 e. The quantitative estimate of drug-likeness (QED) is 0.521. The Morgan fingerprint density at radius 1 is 0.935 bits per heavy atom. The molecule has 1 aliphatic rings. The molecular weight excluding hydrogens is 386 g/mol. The summed E-state index contributed by atoms with van der Waals surface area (Å²) in [4.78, 5) is 13.6. The molecule has 0 aromatic heterocycles. The topological polar surface area (TPSA) is 49.8 Å². The summed E-state index contributed by atoms with van der Waals surface area (Å²) in [6.45, 7) is 3.53. The van der Waals surface area contributed by atoms with Crippen LogP contribution in [0.3, 0.4) is 0 Å². The molecule has 0 spiro atoms. The number of aliphatic carboxylic acids is 1. The first-order valence-electron chi connectivity index (χ1n) is 11.3. The molecule has 0 bridgehead atoms. The van der Waals surface area contributed by atoms with E-state index in [9.17, 15) is 4.79 Å². The standard InChI is InChI=1S/C27H31NO3/c1-31-26-13-11-20(15-18-28-16-3-2-4-17-28)19-25(26)24-10-6-8-22-21(12-14-27(29)30)7-5-9-23(22)24/h5-11,13,19H,2-4,12,14-18H2,1H3,(H,29,30). The molecule has 3 aromatic rings. The lowest BCUT2D eigenvalue weighted by Gasteiger charge is -2.26. The monoisotopic (exact) mass is 417 g/mol. The Hall–Kier alpha value is -2.85. The van der Waals surface area contributed by atoms with Crippen molar-refractivity contribution in [3.63, 3.8) is 0 Å². The number of carboxylic acids is 1. The van der Waals surface area contributed by atoms with Gasteiger partial charge in [-0.05, 0) is 78.4 Å². The fraction of sp³-hybridized carbons (Fsp3) is 0.370. The van der Waals surface area contributed by atoms with Gasteiger partial charge in [0.15, 0.2) is 0 Å². The van der Waals surface area contributed by atoms with Crippen LogP contribution in [0.1, 0.15) is 36.8 Å². The van der Waals surface area contributed by atoms with E-state index in [0.717, 1.165) is 46.2 Å². The summed E-state index contributed by atoms with van der Waals surface area (Å²) >= 11 is 0. The number of rotatable bonds is 8. The lowest BCUT2D eigenvalue weighted by Crippen LogP contribution is -2.31. The number of aryl methyl sites for hydroxylation is 1. The van der Waals surface area contributed by atoms with Crippen molar-refractivity contribution in [1.82, 2.24) is 4.90 Å². The molecular formula is C27H31NO3. The van der Waals surface area contributed by atoms with Gasteiger partial charge in [-0.25, -0.2) is 0 Å². The minimum Gasteiger partial charge on any atom is -0.496 e. The van der Waals surface area contributed by atoms with E-state index in [1.54, 1.807) is 7.11 Å². The molecule has 1 aliphatic heterocycles. The molecule has 4 rings (SSSR count). The van der Waals surface area contributed by atoms with E-state index in [1.807, 2.05) is 12.1 Å². The van der Waals surface area contributed by atoms with Crippen molar-refractivity contribution in [2.75, 3.05) is 26.7 Å². The van der Waals surface area contributed by atoms with Gasteiger partial charge in [-0.2, -0.15) is 0 Å². The van der Waals surface area contributed by atoms with Crippen LogP contribution in [0.5, 0.6) is 5.75 Å². The van der Waals surface area contributed by atoms with Gasteiger partial charge in [-0.3, -0.25) is 4.79 Å². The van der Waals surface area contributed by atoms with Gasteiger partial charge in [-0.15, -0.1) is 0 Å². The maximum absolute atomic E-state index is 11.1. The lowest BCUT2D eigenvalue weighted by molar-refractivity contribution is -0.136. The number of likely N-dealkylation sites (tertiary alicyclic amines) is 1. The first-order valence-corrected chi connectivity index (χ1v) is 11.3. The molecule has 0 atom stereocenters. The Morgan fingerprint density at radius 2 is 1.71 bits per heavy atom. The zero-order chi connectivity index (χ0) is 21.6. The smallest absolute Gasteiger partial charge is 0.303 e. The van der Waals surface area contributed by atoms with Gasteiger partial charge >= 0.3 is 5.97 Å². The number of hydrogen-bond donors (Lipinski definition) is 1. The van der Waals surface area contributed by atoms with Crippen molar-refractivity contribution in [2.24, 2.45) is 0 Å².